The van der Waals surface area contributed by atoms with Gasteiger partial charge in [-0.2, -0.15) is 0 Å². The maximum Gasteiger partial charge on any atom is 0.321 e. The van der Waals surface area contributed by atoms with Crippen molar-refractivity contribution in [1.82, 2.24) is 19.7 Å². The van der Waals surface area contributed by atoms with Crippen LogP contribution in [0.25, 0.3) is 22.3 Å². The minimum absolute atomic E-state index is 0.0704. The molecule has 4 heterocycles. The zero-order chi connectivity index (χ0) is 21.4. The van der Waals surface area contributed by atoms with E-state index in [1.807, 2.05) is 12.1 Å². The first-order valence-electron chi connectivity index (χ1n) is 10.2. The number of fused-ring (bicyclic) bond motifs is 1. The van der Waals surface area contributed by atoms with Crippen molar-refractivity contribution in [3.63, 3.8) is 0 Å². The van der Waals surface area contributed by atoms with Gasteiger partial charge >= 0.3 is 6.03 Å². The van der Waals surface area contributed by atoms with Crippen LogP contribution in [0.2, 0.25) is 0 Å². The average molecular weight is 425 g/mol. The highest BCUT2D eigenvalue weighted by atomic mass is 19.1. The molecule has 5 rings (SSSR count). The summed E-state index contributed by atoms with van der Waals surface area (Å²) in [6, 6.07) is 5.82. The van der Waals surface area contributed by atoms with Gasteiger partial charge in [0.1, 0.15) is 17.7 Å². The summed E-state index contributed by atoms with van der Waals surface area (Å²) < 4.78 is 34.7. The molecule has 1 unspecified atom stereocenters. The Bertz CT molecular complexity index is 1180. The zero-order valence-electron chi connectivity index (χ0n) is 16.7. The molecule has 7 nitrogen and oxygen atoms in total. The van der Waals surface area contributed by atoms with E-state index in [1.54, 1.807) is 12.4 Å². The average Bonchev–Trinajstić information content (AvgIpc) is 3.41. The third-order valence-corrected chi connectivity index (χ3v) is 5.56. The SMILES string of the molecule is O=C(Nc1ccc(F)c(-n2cc3cc(C4=CCOCC4)cnc3n2)c1)N1CCC(F)C1. The van der Waals surface area contributed by atoms with Gasteiger partial charge in [0.15, 0.2) is 5.65 Å². The zero-order valence-corrected chi connectivity index (χ0v) is 16.7. The first kappa shape index (κ1) is 19.6. The number of aromatic nitrogens is 3. The Morgan fingerprint density at radius 2 is 2.19 bits per heavy atom. The van der Waals surface area contributed by atoms with E-state index in [-0.39, 0.29) is 12.2 Å². The second-order valence-electron chi connectivity index (χ2n) is 7.69. The molecule has 3 aromatic rings. The van der Waals surface area contributed by atoms with Gasteiger partial charge < -0.3 is 15.0 Å². The van der Waals surface area contributed by atoms with Gasteiger partial charge in [0.05, 0.1) is 19.8 Å². The van der Waals surface area contributed by atoms with Gasteiger partial charge in [-0.1, -0.05) is 6.08 Å². The predicted octanol–water partition coefficient (Wildman–Crippen LogP) is 3.94. The number of carbonyl (C=O) groups excluding carboxylic acids is 1. The molecule has 2 aliphatic rings. The lowest BCUT2D eigenvalue weighted by Gasteiger charge is -2.16. The Kier molecular flexibility index (Phi) is 5.11. The highest BCUT2D eigenvalue weighted by Gasteiger charge is 2.26. The van der Waals surface area contributed by atoms with Crippen LogP contribution in [0.5, 0.6) is 0 Å². The number of benzene rings is 1. The van der Waals surface area contributed by atoms with Crippen molar-refractivity contribution in [2.24, 2.45) is 0 Å². The Morgan fingerprint density at radius 3 is 2.97 bits per heavy atom. The van der Waals surface area contributed by atoms with Crippen LogP contribution in [0.15, 0.2) is 42.7 Å². The van der Waals surface area contributed by atoms with Gasteiger partial charge in [-0.05, 0) is 48.2 Å². The summed E-state index contributed by atoms with van der Waals surface area (Å²) in [5.41, 5.74) is 3.25. The van der Waals surface area contributed by atoms with Crippen LogP contribution in [0.3, 0.4) is 0 Å². The molecular weight excluding hydrogens is 404 g/mol. The number of halogens is 2. The number of nitrogens with zero attached hydrogens (tertiary/aromatic N) is 4. The van der Waals surface area contributed by atoms with E-state index in [0.29, 0.717) is 37.5 Å². The van der Waals surface area contributed by atoms with Crippen molar-refractivity contribution in [2.75, 3.05) is 31.6 Å². The Balaban J connectivity index is 1.42. The summed E-state index contributed by atoms with van der Waals surface area (Å²) in [6.45, 7) is 1.69. The molecule has 0 spiro atoms. The Labute approximate surface area is 177 Å². The molecule has 2 aliphatic heterocycles. The van der Waals surface area contributed by atoms with Crippen LogP contribution in [0.1, 0.15) is 18.4 Å². The minimum atomic E-state index is -1.000. The number of likely N-dealkylation sites (tertiary alicyclic amines) is 1. The lowest BCUT2D eigenvalue weighted by atomic mass is 10.0. The van der Waals surface area contributed by atoms with Crippen LogP contribution in [0, 0.1) is 5.82 Å². The third kappa shape index (κ3) is 4.00. The maximum atomic E-state index is 14.6. The molecule has 1 N–H and O–H groups in total. The van der Waals surface area contributed by atoms with Gasteiger partial charge in [-0.3, -0.25) is 0 Å². The fourth-order valence-electron chi connectivity index (χ4n) is 3.87. The van der Waals surface area contributed by atoms with Crippen molar-refractivity contribution in [2.45, 2.75) is 19.0 Å². The number of carbonyl (C=O) groups is 1. The summed E-state index contributed by atoms with van der Waals surface area (Å²) in [5, 5.41) is 7.87. The molecule has 0 radical (unpaired) electrons. The first-order valence-corrected chi connectivity index (χ1v) is 10.2. The summed E-state index contributed by atoms with van der Waals surface area (Å²) in [5.74, 6) is -0.483. The molecule has 2 aromatic heterocycles. The van der Waals surface area contributed by atoms with Crippen LogP contribution < -0.4 is 5.32 Å². The number of amides is 2. The van der Waals surface area contributed by atoms with E-state index in [1.165, 1.54) is 33.4 Å². The highest BCUT2D eigenvalue weighted by molar-refractivity contribution is 5.90. The van der Waals surface area contributed by atoms with E-state index in [0.717, 1.165) is 17.4 Å². The van der Waals surface area contributed by atoms with E-state index >= 15 is 0 Å². The Morgan fingerprint density at radius 1 is 1.29 bits per heavy atom. The number of alkyl halides is 1. The normalized spacial score (nSPS) is 19.0. The number of ether oxygens (including phenoxy) is 1. The standard InChI is InChI=1S/C22H21F2N5O2/c23-17-3-6-28(13-17)22(30)26-18-1-2-19(24)20(10-18)29-12-16-9-15(11-25-21(16)27-29)14-4-7-31-8-5-14/h1-2,4,9-12,17H,3,5-8,13H2,(H,26,30). The molecule has 1 atom stereocenters. The topological polar surface area (TPSA) is 72.3 Å². The minimum Gasteiger partial charge on any atom is -0.377 e. The van der Waals surface area contributed by atoms with Crippen LogP contribution in [-0.4, -0.2) is 58.2 Å². The first-order chi connectivity index (χ1) is 15.1. The fourth-order valence-corrected chi connectivity index (χ4v) is 3.87. The lowest BCUT2D eigenvalue weighted by molar-refractivity contribution is 0.161. The van der Waals surface area contributed by atoms with Crippen molar-refractivity contribution >= 4 is 28.3 Å². The summed E-state index contributed by atoms with van der Waals surface area (Å²) in [4.78, 5) is 18.2. The molecular formula is C22H21F2N5O2. The maximum absolute atomic E-state index is 14.6. The summed E-state index contributed by atoms with van der Waals surface area (Å²) >= 11 is 0. The molecule has 0 bridgehead atoms. The van der Waals surface area contributed by atoms with Crippen molar-refractivity contribution < 1.29 is 18.3 Å². The number of hydrogen-bond donors (Lipinski definition) is 1. The number of pyridine rings is 1. The van der Waals surface area contributed by atoms with Gasteiger partial charge in [-0.15, -0.1) is 5.10 Å². The second-order valence-corrected chi connectivity index (χ2v) is 7.69. The quantitative estimate of drug-likeness (QED) is 0.690. The van der Waals surface area contributed by atoms with Gasteiger partial charge in [0.2, 0.25) is 0 Å². The molecule has 160 valence electrons. The van der Waals surface area contributed by atoms with E-state index in [4.69, 9.17) is 4.74 Å². The van der Waals surface area contributed by atoms with Crippen molar-refractivity contribution in [3.05, 3.63) is 54.1 Å². The molecule has 0 saturated carbocycles. The number of hydrogen-bond acceptors (Lipinski definition) is 4. The number of nitrogens with one attached hydrogen (secondary N) is 1. The molecule has 1 fully saturated rings. The van der Waals surface area contributed by atoms with Crippen LogP contribution in [-0.2, 0) is 4.74 Å². The van der Waals surface area contributed by atoms with E-state index in [9.17, 15) is 13.6 Å². The third-order valence-electron chi connectivity index (χ3n) is 5.56. The fraction of sp³-hybridized carbons (Fsp3) is 0.318. The molecule has 1 aromatic carbocycles. The summed E-state index contributed by atoms with van der Waals surface area (Å²) in [7, 11) is 0. The number of rotatable bonds is 3. The van der Waals surface area contributed by atoms with E-state index in [2.05, 4.69) is 15.4 Å². The summed E-state index contributed by atoms with van der Waals surface area (Å²) in [6.07, 6.45) is 5.66. The number of anilines is 1. The van der Waals surface area contributed by atoms with Gasteiger partial charge in [0.25, 0.3) is 0 Å². The van der Waals surface area contributed by atoms with Crippen molar-refractivity contribution in [3.8, 4) is 5.69 Å². The predicted molar refractivity (Wildman–Crippen MR) is 112 cm³/mol. The van der Waals surface area contributed by atoms with Crippen molar-refractivity contribution in [1.29, 1.82) is 0 Å². The number of urea groups is 1. The molecule has 2 amide bonds. The van der Waals surface area contributed by atoms with Gasteiger partial charge in [0, 0.05) is 30.0 Å². The highest BCUT2D eigenvalue weighted by Crippen LogP contribution is 2.25. The van der Waals surface area contributed by atoms with Crippen LogP contribution >= 0.6 is 0 Å². The largest absolute Gasteiger partial charge is 0.377 e. The molecule has 1 saturated heterocycles. The molecule has 0 aliphatic carbocycles. The second kappa shape index (κ2) is 8.07. The van der Waals surface area contributed by atoms with Crippen LogP contribution in [0.4, 0.5) is 19.3 Å². The molecule has 9 heteroatoms. The van der Waals surface area contributed by atoms with E-state index < -0.39 is 18.0 Å². The lowest BCUT2D eigenvalue weighted by Crippen LogP contribution is -2.33. The van der Waals surface area contributed by atoms with Gasteiger partial charge in [-0.25, -0.2) is 23.2 Å². The smallest absolute Gasteiger partial charge is 0.321 e. The monoisotopic (exact) mass is 425 g/mol. The molecule has 31 heavy (non-hydrogen) atoms. The Hall–Kier alpha value is -3.33.